The average Bonchev–Trinajstić information content (AvgIpc) is 3.45. The lowest BCUT2D eigenvalue weighted by Crippen LogP contribution is -2.40. The van der Waals surface area contributed by atoms with E-state index in [0.29, 0.717) is 56.6 Å². The Morgan fingerprint density at radius 1 is 0.939 bits per heavy atom. The third-order valence-electron chi connectivity index (χ3n) is 7.85. The monoisotopic (exact) mass is 671 g/mol. The Kier molecular flexibility index (Phi) is 10.0. The Bertz CT molecular complexity index is 2230. The lowest BCUT2D eigenvalue weighted by molar-refractivity contribution is -0.138. The van der Waals surface area contributed by atoms with Gasteiger partial charge in [-0.3, -0.25) is 9.36 Å². The van der Waals surface area contributed by atoms with Crippen LogP contribution in [0.5, 0.6) is 17.2 Å². The van der Waals surface area contributed by atoms with Crippen molar-refractivity contribution in [1.29, 1.82) is 5.26 Å². The summed E-state index contributed by atoms with van der Waals surface area (Å²) in [6, 6.07) is 30.7. The van der Waals surface area contributed by atoms with Crippen LogP contribution in [0.2, 0.25) is 0 Å². The predicted molar refractivity (Wildman–Crippen MR) is 187 cm³/mol. The van der Waals surface area contributed by atoms with Crippen LogP contribution in [0.4, 0.5) is 0 Å². The molecule has 49 heavy (non-hydrogen) atoms. The summed E-state index contributed by atoms with van der Waals surface area (Å²) in [4.78, 5) is 33.3. The van der Waals surface area contributed by atoms with E-state index in [-0.39, 0.29) is 17.7 Å². The number of ether oxygens (including phenoxy) is 4. The molecule has 0 saturated carbocycles. The molecule has 246 valence electrons. The van der Waals surface area contributed by atoms with Gasteiger partial charge in [-0.25, -0.2) is 9.79 Å². The molecular formula is C39H33N3O6S. The van der Waals surface area contributed by atoms with Gasteiger partial charge in [0.25, 0.3) is 5.56 Å². The van der Waals surface area contributed by atoms with Crippen LogP contribution in [0.15, 0.2) is 112 Å². The second kappa shape index (κ2) is 14.9. The predicted octanol–water partition coefficient (Wildman–Crippen LogP) is 5.79. The van der Waals surface area contributed by atoms with E-state index >= 15 is 0 Å². The molecule has 2 heterocycles. The maximum Gasteiger partial charge on any atom is 0.338 e. The highest BCUT2D eigenvalue weighted by molar-refractivity contribution is 7.07. The lowest BCUT2D eigenvalue weighted by atomic mass is 9.93. The third kappa shape index (κ3) is 7.03. The summed E-state index contributed by atoms with van der Waals surface area (Å²) in [5.74, 6) is 1.19. The fourth-order valence-electron chi connectivity index (χ4n) is 5.53. The van der Waals surface area contributed by atoms with Crippen molar-refractivity contribution in [3.05, 3.63) is 150 Å². The molecule has 0 amide bonds. The Morgan fingerprint density at radius 3 is 2.37 bits per heavy atom. The molecule has 1 aliphatic heterocycles. The summed E-state index contributed by atoms with van der Waals surface area (Å²) in [7, 11) is 1.58. The molecule has 4 aromatic carbocycles. The molecule has 0 bridgehead atoms. The van der Waals surface area contributed by atoms with Crippen LogP contribution in [-0.2, 0) is 16.1 Å². The first-order valence-electron chi connectivity index (χ1n) is 15.7. The van der Waals surface area contributed by atoms with E-state index in [4.69, 9.17) is 29.2 Å². The topological polar surface area (TPSA) is 112 Å². The van der Waals surface area contributed by atoms with E-state index in [9.17, 15) is 9.59 Å². The van der Waals surface area contributed by atoms with E-state index in [1.807, 2.05) is 79.7 Å². The number of methoxy groups -OCH3 is 1. The number of hydrogen-bond acceptors (Lipinski definition) is 9. The number of nitrogens with zero attached hydrogens (tertiary/aromatic N) is 3. The lowest BCUT2D eigenvalue weighted by Gasteiger charge is -2.26. The van der Waals surface area contributed by atoms with Gasteiger partial charge in [0.2, 0.25) is 0 Å². The number of carbonyl (C=O) groups excluding carboxylic acids is 1. The standard InChI is InChI=1S/C39H33N3O6S/c1-4-46-32-21-27(15-20-31(32)48-24-26-13-11-25(23-40)12-14-26)22-33-37(43)42-36(29-16-18-30(45-3)19-17-29)34(38(44)47-5-2)35(41-39(42)49-33)28-9-7-6-8-10-28/h6-22,36H,4-5,24H2,1-3H3/b33-22-/t36-/m0/s1. The largest absolute Gasteiger partial charge is 0.497 e. The van der Waals surface area contributed by atoms with Crippen LogP contribution in [0, 0.1) is 11.3 Å². The second-order valence-corrected chi connectivity index (χ2v) is 12.0. The molecule has 0 radical (unpaired) electrons. The number of benzene rings is 4. The van der Waals surface area contributed by atoms with Crippen LogP contribution in [0.1, 0.15) is 47.7 Å². The molecule has 0 aliphatic carbocycles. The number of esters is 1. The van der Waals surface area contributed by atoms with Gasteiger partial charge in [-0.05, 0) is 73.0 Å². The molecule has 5 aromatic rings. The maximum absolute atomic E-state index is 14.3. The zero-order chi connectivity index (χ0) is 34.3. The molecular weight excluding hydrogens is 639 g/mol. The summed E-state index contributed by atoms with van der Waals surface area (Å²) in [5.41, 5.74) is 4.11. The summed E-state index contributed by atoms with van der Waals surface area (Å²) >= 11 is 1.24. The highest BCUT2D eigenvalue weighted by Gasteiger charge is 2.35. The summed E-state index contributed by atoms with van der Waals surface area (Å²) in [6.07, 6.45) is 1.79. The van der Waals surface area contributed by atoms with Crippen molar-refractivity contribution in [1.82, 2.24) is 4.57 Å². The minimum Gasteiger partial charge on any atom is -0.497 e. The van der Waals surface area contributed by atoms with Crippen molar-refractivity contribution >= 4 is 29.1 Å². The van der Waals surface area contributed by atoms with E-state index < -0.39 is 12.0 Å². The number of aromatic nitrogens is 1. The fourth-order valence-corrected chi connectivity index (χ4v) is 6.53. The van der Waals surface area contributed by atoms with Crippen molar-refractivity contribution < 1.29 is 23.7 Å². The zero-order valence-corrected chi connectivity index (χ0v) is 28.0. The molecule has 10 heteroatoms. The SMILES string of the molecule is CCOC(=O)C1=C(c2ccccc2)N=c2s/c(=C\c3ccc(OCc4ccc(C#N)cc4)c(OCC)c3)c(=O)n2[C@H]1c1ccc(OC)cc1. The highest BCUT2D eigenvalue weighted by atomic mass is 32.1. The molecule has 1 aromatic heterocycles. The van der Waals surface area contributed by atoms with Gasteiger partial charge in [-0.15, -0.1) is 0 Å². The average molecular weight is 672 g/mol. The van der Waals surface area contributed by atoms with Gasteiger partial charge in [0.05, 0.1) is 53.8 Å². The van der Waals surface area contributed by atoms with Gasteiger partial charge in [-0.2, -0.15) is 5.26 Å². The summed E-state index contributed by atoms with van der Waals surface area (Å²) in [6.45, 7) is 4.51. The molecule has 0 spiro atoms. The van der Waals surface area contributed by atoms with Crippen LogP contribution >= 0.6 is 11.3 Å². The van der Waals surface area contributed by atoms with Crippen LogP contribution in [0.3, 0.4) is 0 Å². The molecule has 1 atom stereocenters. The minimum absolute atomic E-state index is 0.166. The normalized spacial score (nSPS) is 14.0. The fraction of sp³-hybridized carbons (Fsp3) is 0.179. The third-order valence-corrected chi connectivity index (χ3v) is 8.83. The van der Waals surface area contributed by atoms with Crippen molar-refractivity contribution in [2.24, 2.45) is 4.99 Å². The number of hydrogen-bond donors (Lipinski definition) is 0. The Labute approximate surface area is 287 Å². The zero-order valence-electron chi connectivity index (χ0n) is 27.2. The van der Waals surface area contributed by atoms with E-state index in [2.05, 4.69) is 6.07 Å². The Morgan fingerprint density at radius 2 is 1.69 bits per heavy atom. The van der Waals surface area contributed by atoms with Crippen molar-refractivity contribution in [3.63, 3.8) is 0 Å². The number of carbonyl (C=O) groups is 1. The molecule has 0 N–H and O–H groups in total. The molecule has 0 fully saturated rings. The van der Waals surface area contributed by atoms with Crippen LogP contribution in [-0.4, -0.2) is 30.9 Å². The van der Waals surface area contributed by atoms with Gasteiger partial charge in [0.1, 0.15) is 12.4 Å². The first kappa shape index (κ1) is 33.0. The molecule has 0 saturated heterocycles. The van der Waals surface area contributed by atoms with Crippen LogP contribution < -0.4 is 29.1 Å². The van der Waals surface area contributed by atoms with Gasteiger partial charge in [0, 0.05) is 5.56 Å². The number of thiazole rings is 1. The number of rotatable bonds is 11. The van der Waals surface area contributed by atoms with Gasteiger partial charge in [-0.1, -0.05) is 72.0 Å². The quantitative estimate of drug-likeness (QED) is 0.163. The number of nitriles is 1. The molecule has 0 unspecified atom stereocenters. The minimum atomic E-state index is -0.796. The molecule has 1 aliphatic rings. The van der Waals surface area contributed by atoms with Gasteiger partial charge < -0.3 is 18.9 Å². The second-order valence-electron chi connectivity index (χ2n) is 10.9. The van der Waals surface area contributed by atoms with Gasteiger partial charge >= 0.3 is 5.97 Å². The van der Waals surface area contributed by atoms with Crippen molar-refractivity contribution in [3.8, 4) is 23.3 Å². The summed E-state index contributed by atoms with van der Waals surface area (Å²) < 4.78 is 24.9. The number of fused-ring (bicyclic) bond motifs is 1. The molecule has 9 nitrogen and oxygen atoms in total. The molecule has 6 rings (SSSR count). The Hall–Kier alpha value is -5.92. The highest BCUT2D eigenvalue weighted by Crippen LogP contribution is 2.36. The van der Waals surface area contributed by atoms with E-state index in [1.165, 1.54) is 11.3 Å². The summed E-state index contributed by atoms with van der Waals surface area (Å²) in [5, 5.41) is 9.07. The van der Waals surface area contributed by atoms with E-state index in [0.717, 1.165) is 16.7 Å². The first-order chi connectivity index (χ1) is 23.9. The van der Waals surface area contributed by atoms with E-state index in [1.54, 1.807) is 48.9 Å². The maximum atomic E-state index is 14.3. The van der Waals surface area contributed by atoms with Crippen molar-refractivity contribution in [2.45, 2.75) is 26.5 Å². The Balaban J connectivity index is 1.45. The van der Waals surface area contributed by atoms with Crippen molar-refractivity contribution in [2.75, 3.05) is 20.3 Å². The van der Waals surface area contributed by atoms with Gasteiger partial charge in [0.15, 0.2) is 16.3 Å². The first-order valence-corrected chi connectivity index (χ1v) is 16.6. The van der Waals surface area contributed by atoms with Crippen LogP contribution in [0.25, 0.3) is 11.8 Å². The smallest absolute Gasteiger partial charge is 0.338 e.